The van der Waals surface area contributed by atoms with Gasteiger partial charge in [0.1, 0.15) is 0 Å². The number of nitrogens with zero attached hydrogens (tertiary/aromatic N) is 4. The zero-order chi connectivity index (χ0) is 15.8. The van der Waals surface area contributed by atoms with Crippen LogP contribution in [0.4, 0.5) is 0 Å². The minimum absolute atomic E-state index is 0. The first-order valence-corrected chi connectivity index (χ1v) is 7.54. The summed E-state index contributed by atoms with van der Waals surface area (Å²) < 4.78 is 2.04. The lowest BCUT2D eigenvalue weighted by Gasteiger charge is -2.12. The van der Waals surface area contributed by atoms with Gasteiger partial charge in [0.25, 0.3) is 0 Å². The second-order valence-corrected chi connectivity index (χ2v) is 5.18. The maximum atomic E-state index is 4.46. The molecule has 0 unspecified atom stereocenters. The Hall–Kier alpha value is -1.64. The molecule has 0 aromatic carbocycles. The molecule has 0 spiro atoms. The van der Waals surface area contributed by atoms with Gasteiger partial charge in [-0.2, -0.15) is 5.10 Å². The van der Waals surface area contributed by atoms with Crippen LogP contribution in [0.3, 0.4) is 0 Å². The molecule has 0 saturated heterocycles. The van der Waals surface area contributed by atoms with Gasteiger partial charge in [0.05, 0.1) is 17.9 Å². The van der Waals surface area contributed by atoms with Crippen molar-refractivity contribution in [3.8, 4) is 0 Å². The Morgan fingerprint density at radius 2 is 2.09 bits per heavy atom. The van der Waals surface area contributed by atoms with Crippen molar-refractivity contribution in [3.63, 3.8) is 0 Å². The van der Waals surface area contributed by atoms with Crippen LogP contribution in [-0.4, -0.2) is 34.3 Å². The Bertz CT molecular complexity index is 608. The van der Waals surface area contributed by atoms with E-state index in [1.54, 1.807) is 13.2 Å². The zero-order valence-corrected chi connectivity index (χ0v) is 16.2. The van der Waals surface area contributed by atoms with Gasteiger partial charge in [-0.1, -0.05) is 6.07 Å². The standard InChI is InChI=1S/C16H24N6.HI/c1-13-11-14(2)22(21-13)10-6-9-19-16(17-3)20-12-15-7-4-5-8-18-15;/h4-5,7-8,11H,6,9-10,12H2,1-3H3,(H2,17,19,20);1H. The monoisotopic (exact) mass is 428 g/mol. The predicted octanol–water partition coefficient (Wildman–Crippen LogP) is 2.27. The summed E-state index contributed by atoms with van der Waals surface area (Å²) in [5, 5.41) is 11.0. The first-order valence-electron chi connectivity index (χ1n) is 7.54. The Balaban J connectivity index is 0.00000264. The first-order chi connectivity index (χ1) is 10.7. The Labute approximate surface area is 154 Å². The van der Waals surface area contributed by atoms with Crippen LogP contribution in [0.15, 0.2) is 35.5 Å². The number of pyridine rings is 1. The van der Waals surface area contributed by atoms with E-state index in [2.05, 4.69) is 38.7 Å². The molecule has 126 valence electrons. The number of aliphatic imine (C=N–C) groups is 1. The number of halogens is 1. The van der Waals surface area contributed by atoms with Crippen LogP contribution in [0.5, 0.6) is 0 Å². The normalized spacial score (nSPS) is 11.0. The summed E-state index contributed by atoms with van der Waals surface area (Å²) in [6.45, 7) is 6.52. The summed E-state index contributed by atoms with van der Waals surface area (Å²) in [4.78, 5) is 8.49. The third kappa shape index (κ3) is 6.55. The Kier molecular flexibility index (Phi) is 8.60. The number of rotatable bonds is 6. The number of aromatic nitrogens is 3. The number of aryl methyl sites for hydroxylation is 3. The topological polar surface area (TPSA) is 67.1 Å². The molecular weight excluding hydrogens is 403 g/mol. The number of guanidine groups is 1. The van der Waals surface area contributed by atoms with E-state index in [4.69, 9.17) is 0 Å². The van der Waals surface area contributed by atoms with Gasteiger partial charge in [-0.25, -0.2) is 0 Å². The van der Waals surface area contributed by atoms with Gasteiger partial charge >= 0.3 is 0 Å². The second-order valence-electron chi connectivity index (χ2n) is 5.18. The van der Waals surface area contributed by atoms with Crippen molar-refractivity contribution >= 4 is 29.9 Å². The minimum Gasteiger partial charge on any atom is -0.356 e. The average molecular weight is 428 g/mol. The largest absolute Gasteiger partial charge is 0.356 e. The highest BCUT2D eigenvalue weighted by atomic mass is 127. The van der Waals surface area contributed by atoms with Gasteiger partial charge < -0.3 is 10.6 Å². The molecule has 0 amide bonds. The highest BCUT2D eigenvalue weighted by Crippen LogP contribution is 2.02. The molecule has 2 rings (SSSR count). The molecule has 0 aliphatic carbocycles. The molecule has 7 heteroatoms. The maximum absolute atomic E-state index is 4.46. The number of hydrogen-bond acceptors (Lipinski definition) is 3. The predicted molar refractivity (Wildman–Crippen MR) is 104 cm³/mol. The summed E-state index contributed by atoms with van der Waals surface area (Å²) in [7, 11) is 1.77. The Morgan fingerprint density at radius 1 is 1.26 bits per heavy atom. The fraction of sp³-hybridized carbons (Fsp3) is 0.438. The molecular formula is C16H25IN6. The van der Waals surface area contributed by atoms with E-state index in [0.29, 0.717) is 6.54 Å². The average Bonchev–Trinajstić information content (AvgIpc) is 2.85. The fourth-order valence-electron chi connectivity index (χ4n) is 2.23. The van der Waals surface area contributed by atoms with Crippen LogP contribution in [0.2, 0.25) is 0 Å². The van der Waals surface area contributed by atoms with Crippen molar-refractivity contribution in [2.45, 2.75) is 33.4 Å². The number of hydrogen-bond donors (Lipinski definition) is 2. The minimum atomic E-state index is 0. The van der Waals surface area contributed by atoms with E-state index < -0.39 is 0 Å². The quantitative estimate of drug-likeness (QED) is 0.321. The van der Waals surface area contributed by atoms with Crippen molar-refractivity contribution in [2.24, 2.45) is 4.99 Å². The summed E-state index contributed by atoms with van der Waals surface area (Å²) >= 11 is 0. The lowest BCUT2D eigenvalue weighted by atomic mass is 10.3. The molecule has 0 fully saturated rings. The molecule has 0 atom stereocenters. The fourth-order valence-corrected chi connectivity index (χ4v) is 2.23. The summed E-state index contributed by atoms with van der Waals surface area (Å²) in [6.07, 6.45) is 2.79. The molecule has 0 saturated carbocycles. The molecule has 0 aliphatic rings. The van der Waals surface area contributed by atoms with Crippen LogP contribution in [-0.2, 0) is 13.1 Å². The molecule has 23 heavy (non-hydrogen) atoms. The van der Waals surface area contributed by atoms with Crippen molar-refractivity contribution in [2.75, 3.05) is 13.6 Å². The maximum Gasteiger partial charge on any atom is 0.191 e. The highest BCUT2D eigenvalue weighted by Gasteiger charge is 2.01. The third-order valence-electron chi connectivity index (χ3n) is 3.33. The van der Waals surface area contributed by atoms with E-state index in [1.807, 2.05) is 29.8 Å². The third-order valence-corrected chi connectivity index (χ3v) is 3.33. The van der Waals surface area contributed by atoms with Crippen molar-refractivity contribution in [1.82, 2.24) is 25.4 Å². The van der Waals surface area contributed by atoms with Gasteiger partial charge in [-0.3, -0.25) is 14.7 Å². The van der Waals surface area contributed by atoms with Crippen LogP contribution < -0.4 is 10.6 Å². The second kappa shape index (κ2) is 10.2. The van der Waals surface area contributed by atoms with Gasteiger partial charge in [-0.05, 0) is 38.5 Å². The van der Waals surface area contributed by atoms with Gasteiger partial charge in [0, 0.05) is 32.0 Å². The van der Waals surface area contributed by atoms with Crippen molar-refractivity contribution in [1.29, 1.82) is 0 Å². The van der Waals surface area contributed by atoms with E-state index in [1.165, 1.54) is 5.69 Å². The molecule has 2 N–H and O–H groups in total. The molecule has 0 aliphatic heterocycles. The number of nitrogens with one attached hydrogen (secondary N) is 2. The first kappa shape index (κ1) is 19.4. The van der Waals surface area contributed by atoms with E-state index >= 15 is 0 Å². The molecule has 0 bridgehead atoms. The van der Waals surface area contributed by atoms with Crippen molar-refractivity contribution in [3.05, 3.63) is 47.5 Å². The smallest absolute Gasteiger partial charge is 0.191 e. The molecule has 2 aromatic heterocycles. The Morgan fingerprint density at radius 3 is 2.70 bits per heavy atom. The van der Waals surface area contributed by atoms with E-state index in [0.717, 1.165) is 36.9 Å². The zero-order valence-electron chi connectivity index (χ0n) is 13.9. The lowest BCUT2D eigenvalue weighted by Crippen LogP contribution is -2.37. The molecule has 2 aromatic rings. The van der Waals surface area contributed by atoms with E-state index in [-0.39, 0.29) is 24.0 Å². The lowest BCUT2D eigenvalue weighted by molar-refractivity contribution is 0.555. The van der Waals surface area contributed by atoms with Gasteiger partial charge in [-0.15, -0.1) is 24.0 Å². The summed E-state index contributed by atoms with van der Waals surface area (Å²) in [5.41, 5.74) is 3.27. The van der Waals surface area contributed by atoms with Crippen LogP contribution in [0, 0.1) is 13.8 Å². The van der Waals surface area contributed by atoms with Crippen molar-refractivity contribution < 1.29 is 0 Å². The molecule has 2 heterocycles. The van der Waals surface area contributed by atoms with Crippen LogP contribution in [0.25, 0.3) is 0 Å². The van der Waals surface area contributed by atoms with Gasteiger partial charge in [0.2, 0.25) is 0 Å². The van der Waals surface area contributed by atoms with Crippen LogP contribution >= 0.6 is 24.0 Å². The summed E-state index contributed by atoms with van der Waals surface area (Å²) in [5.74, 6) is 0.791. The van der Waals surface area contributed by atoms with E-state index in [9.17, 15) is 0 Å². The molecule has 6 nitrogen and oxygen atoms in total. The van der Waals surface area contributed by atoms with Crippen LogP contribution in [0.1, 0.15) is 23.5 Å². The van der Waals surface area contributed by atoms with Gasteiger partial charge in [0.15, 0.2) is 5.96 Å². The highest BCUT2D eigenvalue weighted by molar-refractivity contribution is 14.0. The SMILES string of the molecule is CN=C(NCCCn1nc(C)cc1C)NCc1ccccn1.I. The summed E-state index contributed by atoms with van der Waals surface area (Å²) in [6, 6.07) is 7.98. The molecule has 0 radical (unpaired) electrons.